The number of anilines is 1. The fourth-order valence-electron chi connectivity index (χ4n) is 0.873. The Morgan fingerprint density at radius 1 is 1.46 bits per heavy atom. The van der Waals surface area contributed by atoms with Gasteiger partial charge in [-0.15, -0.1) is 0 Å². The van der Waals surface area contributed by atoms with Gasteiger partial charge in [0.15, 0.2) is 0 Å². The van der Waals surface area contributed by atoms with Crippen molar-refractivity contribution in [2.24, 2.45) is 0 Å². The molecule has 3 nitrogen and oxygen atoms in total. The molecule has 1 N–H and O–H groups in total. The van der Waals surface area contributed by atoms with Gasteiger partial charge in [-0.3, -0.25) is 5.32 Å². The first-order valence-electron chi connectivity index (χ1n) is 4.08. The van der Waals surface area contributed by atoms with Crippen molar-refractivity contribution in [3.8, 4) is 0 Å². The number of ether oxygens (including phenoxy) is 1. The number of hydrogen-bond donors (Lipinski definition) is 1. The highest BCUT2D eigenvalue weighted by atomic mass is 16.5. The molecule has 0 saturated carbocycles. The second-order valence-electron chi connectivity index (χ2n) is 2.54. The van der Waals surface area contributed by atoms with E-state index in [1.807, 2.05) is 12.1 Å². The lowest BCUT2D eigenvalue weighted by molar-refractivity contribution is 0.168. The van der Waals surface area contributed by atoms with Crippen LogP contribution in [0.15, 0.2) is 24.3 Å². The first kappa shape index (κ1) is 9.58. The molecule has 3 heteroatoms. The van der Waals surface area contributed by atoms with E-state index in [2.05, 4.69) is 12.2 Å². The molecule has 1 aromatic carbocycles. The Balaban J connectivity index is 2.54. The maximum absolute atomic E-state index is 10.9. The van der Waals surface area contributed by atoms with E-state index < -0.39 is 6.09 Å². The maximum atomic E-state index is 10.9. The van der Waals surface area contributed by atoms with Crippen LogP contribution in [-0.2, 0) is 4.74 Å². The largest absolute Gasteiger partial charge is 0.450 e. The summed E-state index contributed by atoms with van der Waals surface area (Å²) in [7, 11) is 0. The van der Waals surface area contributed by atoms with E-state index in [1.165, 1.54) is 0 Å². The summed E-state index contributed by atoms with van der Waals surface area (Å²) in [6, 6.07) is 7.20. The molecule has 0 unspecified atom stereocenters. The van der Waals surface area contributed by atoms with Gasteiger partial charge in [-0.2, -0.15) is 0 Å². The molecule has 0 bridgehead atoms. The molecule has 1 radical (unpaired) electrons. The normalized spacial score (nSPS) is 9.38. The molecular weight excluding hydrogens is 166 g/mol. The van der Waals surface area contributed by atoms with Gasteiger partial charge in [0.25, 0.3) is 0 Å². The SMILES string of the molecule is [CH2]c1ccc(NC(=O)OCC)cc1. The van der Waals surface area contributed by atoms with Crippen molar-refractivity contribution >= 4 is 11.8 Å². The lowest BCUT2D eigenvalue weighted by Crippen LogP contribution is -2.12. The molecule has 0 aliphatic rings. The van der Waals surface area contributed by atoms with Crippen molar-refractivity contribution in [2.45, 2.75) is 6.92 Å². The zero-order valence-electron chi connectivity index (χ0n) is 7.54. The van der Waals surface area contributed by atoms with Crippen molar-refractivity contribution < 1.29 is 9.53 Å². The summed E-state index contributed by atoms with van der Waals surface area (Å²) in [5, 5.41) is 2.58. The summed E-state index contributed by atoms with van der Waals surface area (Å²) in [5.74, 6) is 0. The number of hydrogen-bond acceptors (Lipinski definition) is 2. The molecule has 0 atom stereocenters. The summed E-state index contributed by atoms with van der Waals surface area (Å²) < 4.78 is 4.71. The van der Waals surface area contributed by atoms with Crippen LogP contribution in [0.5, 0.6) is 0 Å². The zero-order chi connectivity index (χ0) is 9.68. The second-order valence-corrected chi connectivity index (χ2v) is 2.54. The third-order valence-corrected chi connectivity index (χ3v) is 1.48. The minimum absolute atomic E-state index is 0.374. The van der Waals surface area contributed by atoms with E-state index in [-0.39, 0.29) is 0 Å². The predicted molar refractivity (Wildman–Crippen MR) is 51.5 cm³/mol. The number of amides is 1. The van der Waals surface area contributed by atoms with Crippen molar-refractivity contribution in [1.29, 1.82) is 0 Å². The van der Waals surface area contributed by atoms with Crippen molar-refractivity contribution in [1.82, 2.24) is 0 Å². The van der Waals surface area contributed by atoms with Crippen molar-refractivity contribution in [2.75, 3.05) is 11.9 Å². The molecule has 1 rings (SSSR count). The molecule has 0 spiro atoms. The fraction of sp³-hybridized carbons (Fsp3) is 0.200. The molecule has 0 heterocycles. The number of carbonyl (C=O) groups is 1. The van der Waals surface area contributed by atoms with Crippen LogP contribution in [0.2, 0.25) is 0 Å². The highest BCUT2D eigenvalue weighted by Gasteiger charge is 1.99. The van der Waals surface area contributed by atoms with Crippen LogP contribution in [0.3, 0.4) is 0 Å². The third kappa shape index (κ3) is 3.15. The fourth-order valence-corrected chi connectivity index (χ4v) is 0.873. The predicted octanol–water partition coefficient (Wildman–Crippen LogP) is 2.44. The van der Waals surface area contributed by atoms with Crippen molar-refractivity contribution in [3.05, 3.63) is 36.8 Å². The zero-order valence-corrected chi connectivity index (χ0v) is 7.54. The Labute approximate surface area is 77.7 Å². The van der Waals surface area contributed by atoms with E-state index in [9.17, 15) is 4.79 Å². The summed E-state index contributed by atoms with van der Waals surface area (Å²) >= 11 is 0. The van der Waals surface area contributed by atoms with Gasteiger partial charge in [0.05, 0.1) is 6.61 Å². The van der Waals surface area contributed by atoms with Crippen molar-refractivity contribution in [3.63, 3.8) is 0 Å². The van der Waals surface area contributed by atoms with Crippen LogP contribution in [0, 0.1) is 6.92 Å². The molecule has 0 fully saturated rings. The first-order valence-corrected chi connectivity index (χ1v) is 4.08. The maximum Gasteiger partial charge on any atom is 0.411 e. The lowest BCUT2D eigenvalue weighted by atomic mass is 10.2. The first-order chi connectivity index (χ1) is 6.22. The van der Waals surface area contributed by atoms with E-state index in [0.29, 0.717) is 12.3 Å². The van der Waals surface area contributed by atoms with Gasteiger partial charge in [0.1, 0.15) is 0 Å². The van der Waals surface area contributed by atoms with Crippen LogP contribution >= 0.6 is 0 Å². The standard InChI is InChI=1S/C10H12NO2/c1-3-13-10(12)11-9-6-4-8(2)5-7-9/h4-7H,2-3H2,1H3,(H,11,12). The molecule has 13 heavy (non-hydrogen) atoms. The molecule has 0 aliphatic heterocycles. The molecule has 69 valence electrons. The molecular formula is C10H12NO2. The summed E-state index contributed by atoms with van der Waals surface area (Å²) in [6.45, 7) is 5.87. The highest BCUT2D eigenvalue weighted by molar-refractivity contribution is 5.84. The number of nitrogens with one attached hydrogen (secondary N) is 1. The number of benzene rings is 1. The van der Waals surface area contributed by atoms with Gasteiger partial charge < -0.3 is 4.74 Å². The van der Waals surface area contributed by atoms with Crippen LogP contribution < -0.4 is 5.32 Å². The highest BCUT2D eigenvalue weighted by Crippen LogP contribution is 2.08. The van der Waals surface area contributed by atoms with Gasteiger partial charge in [-0.25, -0.2) is 4.79 Å². The minimum Gasteiger partial charge on any atom is -0.450 e. The van der Waals surface area contributed by atoms with E-state index in [0.717, 1.165) is 5.56 Å². The summed E-state index contributed by atoms with van der Waals surface area (Å²) in [4.78, 5) is 10.9. The molecule has 1 amide bonds. The molecule has 0 aromatic heterocycles. The summed E-state index contributed by atoms with van der Waals surface area (Å²) in [5.41, 5.74) is 1.63. The Morgan fingerprint density at radius 3 is 2.62 bits per heavy atom. The van der Waals surface area contributed by atoms with Gasteiger partial charge in [-0.05, 0) is 31.5 Å². The number of carbonyl (C=O) groups excluding carboxylic acids is 1. The van der Waals surface area contributed by atoms with Crippen LogP contribution in [0.25, 0.3) is 0 Å². The average Bonchev–Trinajstić information content (AvgIpc) is 2.09. The Kier molecular flexibility index (Phi) is 3.31. The van der Waals surface area contributed by atoms with Crippen LogP contribution in [0.1, 0.15) is 12.5 Å². The minimum atomic E-state index is -0.431. The Hall–Kier alpha value is -1.51. The smallest absolute Gasteiger partial charge is 0.411 e. The van der Waals surface area contributed by atoms with E-state index in [4.69, 9.17) is 4.74 Å². The lowest BCUT2D eigenvalue weighted by Gasteiger charge is -2.04. The third-order valence-electron chi connectivity index (χ3n) is 1.48. The average molecular weight is 178 g/mol. The summed E-state index contributed by atoms with van der Waals surface area (Å²) in [6.07, 6.45) is -0.431. The van der Waals surface area contributed by atoms with Crippen LogP contribution in [0.4, 0.5) is 10.5 Å². The van der Waals surface area contributed by atoms with E-state index in [1.54, 1.807) is 19.1 Å². The van der Waals surface area contributed by atoms with Gasteiger partial charge in [0, 0.05) is 5.69 Å². The monoisotopic (exact) mass is 178 g/mol. The topological polar surface area (TPSA) is 38.3 Å². The van der Waals surface area contributed by atoms with E-state index >= 15 is 0 Å². The quantitative estimate of drug-likeness (QED) is 0.755. The second kappa shape index (κ2) is 4.50. The van der Waals surface area contributed by atoms with Gasteiger partial charge in [0.2, 0.25) is 0 Å². The molecule has 0 aliphatic carbocycles. The van der Waals surface area contributed by atoms with Crippen LogP contribution in [-0.4, -0.2) is 12.7 Å². The van der Waals surface area contributed by atoms with Gasteiger partial charge in [-0.1, -0.05) is 12.1 Å². The molecule has 1 aromatic rings. The molecule has 0 saturated heterocycles. The number of rotatable bonds is 2. The Morgan fingerprint density at radius 2 is 2.08 bits per heavy atom. The van der Waals surface area contributed by atoms with Gasteiger partial charge >= 0.3 is 6.09 Å². The Bertz CT molecular complexity index is 279.